The topological polar surface area (TPSA) is 41.1 Å². The van der Waals surface area contributed by atoms with Gasteiger partial charge >= 0.3 is 0 Å². The third-order valence-electron chi connectivity index (χ3n) is 3.08. The first-order valence-corrected chi connectivity index (χ1v) is 8.24. The Kier molecular flexibility index (Phi) is 6.04. The van der Waals surface area contributed by atoms with Crippen molar-refractivity contribution in [1.29, 1.82) is 0 Å². The van der Waals surface area contributed by atoms with Crippen LogP contribution in [0.15, 0.2) is 48.5 Å². The Morgan fingerprint density at radius 3 is 2.22 bits per heavy atom. The van der Waals surface area contributed by atoms with Gasteiger partial charge in [0, 0.05) is 5.69 Å². The molecular weight excluding hydrogens is 378 g/mol. The van der Waals surface area contributed by atoms with Crippen molar-refractivity contribution in [2.45, 2.75) is 16.9 Å². The van der Waals surface area contributed by atoms with Crippen molar-refractivity contribution in [2.24, 2.45) is 0 Å². The molecule has 0 fully saturated rings. The van der Waals surface area contributed by atoms with Crippen LogP contribution in [-0.2, 0) is 0 Å². The number of alkyl halides is 3. The summed E-state index contributed by atoms with van der Waals surface area (Å²) >= 11 is 23.9. The molecule has 0 saturated heterocycles. The molecule has 0 radical (unpaired) electrons. The number of aryl methyl sites for hydroxylation is 1. The van der Waals surface area contributed by atoms with Gasteiger partial charge in [0.15, 0.2) is 0 Å². The maximum absolute atomic E-state index is 12.4. The van der Waals surface area contributed by atoms with E-state index in [1.165, 1.54) is 0 Å². The largest absolute Gasteiger partial charge is 0.362 e. The quantitative estimate of drug-likeness (QED) is 0.556. The van der Waals surface area contributed by atoms with Crippen LogP contribution in [0.2, 0.25) is 5.02 Å². The van der Waals surface area contributed by atoms with Crippen molar-refractivity contribution in [2.75, 3.05) is 5.32 Å². The average Bonchev–Trinajstić information content (AvgIpc) is 2.48. The Balaban J connectivity index is 2.18. The number of amides is 1. The lowest BCUT2D eigenvalue weighted by Crippen LogP contribution is -2.49. The lowest BCUT2D eigenvalue weighted by molar-refractivity contribution is 0.0942. The van der Waals surface area contributed by atoms with E-state index < -0.39 is 15.9 Å². The van der Waals surface area contributed by atoms with Crippen molar-refractivity contribution >= 4 is 58.0 Å². The van der Waals surface area contributed by atoms with Crippen molar-refractivity contribution in [3.05, 3.63) is 64.7 Å². The molecule has 3 nitrogen and oxygen atoms in total. The Morgan fingerprint density at radius 1 is 1.04 bits per heavy atom. The van der Waals surface area contributed by atoms with Gasteiger partial charge < -0.3 is 10.6 Å². The van der Waals surface area contributed by atoms with Crippen molar-refractivity contribution in [3.8, 4) is 0 Å². The normalized spacial score (nSPS) is 12.6. The number of carbonyl (C=O) groups is 1. The van der Waals surface area contributed by atoms with E-state index in [9.17, 15) is 4.79 Å². The Hall–Kier alpha value is -1.13. The molecule has 2 rings (SSSR count). The highest BCUT2D eigenvalue weighted by Crippen LogP contribution is 2.31. The van der Waals surface area contributed by atoms with Crippen LogP contribution >= 0.6 is 46.4 Å². The number of hydrogen-bond acceptors (Lipinski definition) is 2. The first kappa shape index (κ1) is 18.2. The molecule has 2 aromatic carbocycles. The first-order valence-electron chi connectivity index (χ1n) is 6.72. The van der Waals surface area contributed by atoms with Crippen LogP contribution in [0.5, 0.6) is 0 Å². The number of benzene rings is 2. The van der Waals surface area contributed by atoms with Crippen molar-refractivity contribution in [3.63, 3.8) is 0 Å². The molecule has 2 N–H and O–H groups in total. The molecule has 0 aliphatic carbocycles. The molecule has 7 heteroatoms. The first-order chi connectivity index (χ1) is 10.8. The van der Waals surface area contributed by atoms with Gasteiger partial charge in [-0.3, -0.25) is 4.79 Å². The van der Waals surface area contributed by atoms with E-state index in [-0.39, 0.29) is 0 Å². The van der Waals surface area contributed by atoms with Crippen LogP contribution in [0, 0.1) is 6.92 Å². The summed E-state index contributed by atoms with van der Waals surface area (Å²) < 4.78 is -1.75. The molecule has 1 amide bonds. The number of nitrogens with one attached hydrogen (secondary N) is 2. The highest BCUT2D eigenvalue weighted by molar-refractivity contribution is 6.68. The highest BCUT2D eigenvalue weighted by Gasteiger charge is 2.34. The molecule has 0 bridgehead atoms. The predicted octanol–water partition coefficient (Wildman–Crippen LogP) is 5.19. The molecule has 23 heavy (non-hydrogen) atoms. The third-order valence-corrected chi connectivity index (χ3v) is 4.07. The third kappa shape index (κ3) is 5.18. The SMILES string of the molecule is Cc1ccc(NC(NC(=O)c2ccccc2Cl)C(Cl)(Cl)Cl)cc1. The minimum absolute atomic E-state index is 0.305. The minimum Gasteiger partial charge on any atom is -0.362 e. The molecule has 0 aliphatic rings. The van der Waals surface area contributed by atoms with E-state index in [0.29, 0.717) is 16.3 Å². The van der Waals surface area contributed by atoms with Crippen LogP contribution in [0.4, 0.5) is 5.69 Å². The molecule has 0 spiro atoms. The fourth-order valence-corrected chi connectivity index (χ4v) is 2.42. The monoisotopic (exact) mass is 390 g/mol. The van der Waals surface area contributed by atoms with Gasteiger partial charge in [0.05, 0.1) is 10.6 Å². The lowest BCUT2D eigenvalue weighted by Gasteiger charge is -2.27. The van der Waals surface area contributed by atoms with Crippen LogP contribution in [0.25, 0.3) is 0 Å². The van der Waals surface area contributed by atoms with Crippen LogP contribution in [-0.4, -0.2) is 15.9 Å². The molecule has 0 saturated carbocycles. The fraction of sp³-hybridized carbons (Fsp3) is 0.188. The summed E-state index contributed by atoms with van der Waals surface area (Å²) in [5.41, 5.74) is 2.12. The Morgan fingerprint density at radius 2 is 1.65 bits per heavy atom. The van der Waals surface area contributed by atoms with Gasteiger partial charge in [-0.2, -0.15) is 0 Å². The number of carbonyl (C=O) groups excluding carboxylic acids is 1. The van der Waals surface area contributed by atoms with E-state index >= 15 is 0 Å². The number of hydrogen-bond donors (Lipinski definition) is 2. The zero-order valence-electron chi connectivity index (χ0n) is 12.1. The maximum atomic E-state index is 12.4. The van der Waals surface area contributed by atoms with Crippen LogP contribution in [0.3, 0.4) is 0 Å². The summed E-state index contributed by atoms with van der Waals surface area (Å²) in [6.07, 6.45) is -0.932. The summed E-state index contributed by atoms with van der Waals surface area (Å²) in [5.74, 6) is -0.438. The summed E-state index contributed by atoms with van der Waals surface area (Å²) in [6.45, 7) is 1.97. The summed E-state index contributed by atoms with van der Waals surface area (Å²) in [7, 11) is 0. The van der Waals surface area contributed by atoms with Crippen LogP contribution in [0.1, 0.15) is 15.9 Å². The number of rotatable bonds is 4. The van der Waals surface area contributed by atoms with E-state index in [1.54, 1.807) is 24.3 Å². The van der Waals surface area contributed by atoms with Gasteiger partial charge in [0.1, 0.15) is 6.17 Å². The van der Waals surface area contributed by atoms with Crippen molar-refractivity contribution < 1.29 is 4.79 Å². The zero-order valence-corrected chi connectivity index (χ0v) is 15.1. The van der Waals surface area contributed by atoms with E-state index in [4.69, 9.17) is 46.4 Å². The number of halogens is 4. The molecule has 0 aliphatic heterocycles. The second-order valence-corrected chi connectivity index (χ2v) is 7.71. The minimum atomic E-state index is -1.75. The number of anilines is 1. The van der Waals surface area contributed by atoms with Crippen molar-refractivity contribution in [1.82, 2.24) is 5.32 Å². The highest BCUT2D eigenvalue weighted by atomic mass is 35.6. The molecule has 0 aromatic heterocycles. The fourth-order valence-electron chi connectivity index (χ4n) is 1.87. The lowest BCUT2D eigenvalue weighted by atomic mass is 10.2. The smallest absolute Gasteiger partial charge is 0.254 e. The second kappa shape index (κ2) is 7.63. The molecule has 1 unspecified atom stereocenters. The predicted molar refractivity (Wildman–Crippen MR) is 97.8 cm³/mol. The summed E-state index contributed by atoms with van der Waals surface area (Å²) in [6, 6.07) is 14.1. The zero-order chi connectivity index (χ0) is 17.0. The summed E-state index contributed by atoms with van der Waals surface area (Å²) in [4.78, 5) is 12.4. The summed E-state index contributed by atoms with van der Waals surface area (Å²) in [5, 5.41) is 5.96. The van der Waals surface area contributed by atoms with Gasteiger partial charge in [0.25, 0.3) is 5.91 Å². The molecule has 0 heterocycles. The van der Waals surface area contributed by atoms with E-state index in [2.05, 4.69) is 10.6 Å². The van der Waals surface area contributed by atoms with Gasteiger partial charge in [-0.05, 0) is 31.2 Å². The Bertz CT molecular complexity index is 683. The molecule has 122 valence electrons. The van der Waals surface area contributed by atoms with Gasteiger partial charge in [0.2, 0.25) is 3.79 Å². The Labute approximate surface area is 154 Å². The van der Waals surface area contributed by atoms with Gasteiger partial charge in [-0.1, -0.05) is 76.2 Å². The van der Waals surface area contributed by atoms with E-state index in [0.717, 1.165) is 5.56 Å². The average molecular weight is 392 g/mol. The molecule has 2 aromatic rings. The second-order valence-electron chi connectivity index (χ2n) is 4.94. The van der Waals surface area contributed by atoms with Gasteiger partial charge in [-0.25, -0.2) is 0 Å². The van der Waals surface area contributed by atoms with E-state index in [1.807, 2.05) is 31.2 Å². The molecular formula is C16H14Cl4N2O. The van der Waals surface area contributed by atoms with Gasteiger partial charge in [-0.15, -0.1) is 0 Å². The standard InChI is InChI=1S/C16H14Cl4N2O/c1-10-6-8-11(9-7-10)21-15(16(18,19)20)22-14(23)12-4-2-3-5-13(12)17/h2-9,15,21H,1H3,(H,22,23). The maximum Gasteiger partial charge on any atom is 0.254 e. The molecule has 1 atom stereocenters. The van der Waals surface area contributed by atoms with Crippen LogP contribution < -0.4 is 10.6 Å².